The summed E-state index contributed by atoms with van der Waals surface area (Å²) in [6.07, 6.45) is 0. The maximum Gasteiger partial charge on any atom is 0.312 e. The van der Waals surface area contributed by atoms with Gasteiger partial charge in [0.05, 0.1) is 16.8 Å². The first-order valence-corrected chi connectivity index (χ1v) is 6.68. The number of carbonyl (C=O) groups excluding carboxylic acids is 3. The Morgan fingerprint density at radius 1 is 0.955 bits per heavy atom. The van der Waals surface area contributed by atoms with Gasteiger partial charge in [0.1, 0.15) is 0 Å². The van der Waals surface area contributed by atoms with Crippen molar-refractivity contribution in [2.75, 3.05) is 4.90 Å². The SMILES string of the molecule is NC(=O)NCc1ccc(N2C(=O)c3ccccc3C2=O)cc1. The third-order valence-electron chi connectivity index (χ3n) is 3.46. The van der Waals surface area contributed by atoms with Crippen LogP contribution in [0.25, 0.3) is 0 Å². The van der Waals surface area contributed by atoms with E-state index in [9.17, 15) is 14.4 Å². The van der Waals surface area contributed by atoms with Crippen molar-refractivity contribution < 1.29 is 14.4 Å². The second kappa shape index (κ2) is 5.33. The summed E-state index contributed by atoms with van der Waals surface area (Å²) >= 11 is 0. The van der Waals surface area contributed by atoms with E-state index in [-0.39, 0.29) is 18.4 Å². The highest BCUT2D eigenvalue weighted by Crippen LogP contribution is 2.28. The maximum atomic E-state index is 12.3. The lowest BCUT2D eigenvalue weighted by atomic mass is 10.1. The summed E-state index contributed by atoms with van der Waals surface area (Å²) < 4.78 is 0. The van der Waals surface area contributed by atoms with Crippen LogP contribution in [0, 0.1) is 0 Å². The van der Waals surface area contributed by atoms with E-state index in [2.05, 4.69) is 5.32 Å². The van der Waals surface area contributed by atoms with Gasteiger partial charge < -0.3 is 11.1 Å². The molecule has 0 unspecified atom stereocenters. The fourth-order valence-electron chi connectivity index (χ4n) is 2.38. The number of nitrogens with two attached hydrogens (primary N) is 1. The molecular weight excluding hydrogens is 282 g/mol. The average molecular weight is 295 g/mol. The van der Waals surface area contributed by atoms with Crippen LogP contribution < -0.4 is 16.0 Å². The monoisotopic (exact) mass is 295 g/mol. The van der Waals surface area contributed by atoms with Crippen LogP contribution in [-0.4, -0.2) is 17.8 Å². The molecule has 22 heavy (non-hydrogen) atoms. The fraction of sp³-hybridized carbons (Fsp3) is 0.0625. The smallest absolute Gasteiger partial charge is 0.312 e. The molecule has 0 fully saturated rings. The molecule has 6 nitrogen and oxygen atoms in total. The Hall–Kier alpha value is -3.15. The van der Waals surface area contributed by atoms with Crippen LogP contribution in [0.2, 0.25) is 0 Å². The van der Waals surface area contributed by atoms with Gasteiger partial charge in [-0.1, -0.05) is 24.3 Å². The summed E-state index contributed by atoms with van der Waals surface area (Å²) in [7, 11) is 0. The highest BCUT2D eigenvalue weighted by molar-refractivity contribution is 6.34. The molecule has 0 saturated carbocycles. The van der Waals surface area contributed by atoms with Crippen LogP contribution in [0.3, 0.4) is 0 Å². The Morgan fingerprint density at radius 3 is 2.00 bits per heavy atom. The van der Waals surface area contributed by atoms with Crippen LogP contribution in [0.15, 0.2) is 48.5 Å². The molecule has 4 amide bonds. The number of carbonyl (C=O) groups is 3. The number of nitrogens with zero attached hydrogens (tertiary/aromatic N) is 1. The number of urea groups is 1. The van der Waals surface area contributed by atoms with Crippen LogP contribution in [0.5, 0.6) is 0 Å². The van der Waals surface area contributed by atoms with Crippen molar-refractivity contribution >= 4 is 23.5 Å². The largest absolute Gasteiger partial charge is 0.352 e. The van der Waals surface area contributed by atoms with E-state index in [1.807, 2.05) is 0 Å². The van der Waals surface area contributed by atoms with Gasteiger partial charge in [0.25, 0.3) is 11.8 Å². The minimum atomic E-state index is -0.607. The first-order chi connectivity index (χ1) is 10.6. The van der Waals surface area contributed by atoms with E-state index < -0.39 is 6.03 Å². The molecule has 2 aromatic carbocycles. The van der Waals surface area contributed by atoms with Gasteiger partial charge >= 0.3 is 6.03 Å². The van der Waals surface area contributed by atoms with Crippen LogP contribution in [-0.2, 0) is 6.54 Å². The number of imide groups is 1. The van der Waals surface area contributed by atoms with Gasteiger partial charge in [0.2, 0.25) is 0 Å². The van der Waals surface area contributed by atoms with E-state index in [1.54, 1.807) is 48.5 Å². The van der Waals surface area contributed by atoms with E-state index in [1.165, 1.54) is 0 Å². The number of fused-ring (bicyclic) bond motifs is 1. The standard InChI is InChI=1S/C16H13N3O3/c17-16(22)18-9-10-5-7-11(8-6-10)19-14(20)12-3-1-2-4-13(12)15(19)21/h1-8H,9H2,(H3,17,18,22). The number of amides is 4. The molecule has 3 N–H and O–H groups in total. The van der Waals surface area contributed by atoms with Crippen molar-refractivity contribution in [3.63, 3.8) is 0 Å². The van der Waals surface area contributed by atoms with Crippen molar-refractivity contribution in [2.45, 2.75) is 6.54 Å². The molecule has 0 radical (unpaired) electrons. The fourth-order valence-corrected chi connectivity index (χ4v) is 2.38. The second-order valence-electron chi connectivity index (χ2n) is 4.88. The lowest BCUT2D eigenvalue weighted by Crippen LogP contribution is -2.30. The van der Waals surface area contributed by atoms with Gasteiger partial charge in [-0.3, -0.25) is 9.59 Å². The molecule has 2 aromatic rings. The highest BCUT2D eigenvalue weighted by atomic mass is 16.2. The molecule has 0 aliphatic carbocycles. The Bertz CT molecular complexity index is 733. The van der Waals surface area contributed by atoms with E-state index >= 15 is 0 Å². The Kier molecular flexibility index (Phi) is 3.34. The molecule has 0 saturated heterocycles. The van der Waals surface area contributed by atoms with Gasteiger partial charge in [-0.2, -0.15) is 0 Å². The lowest BCUT2D eigenvalue weighted by molar-refractivity contribution is 0.0926. The predicted octanol–water partition coefficient (Wildman–Crippen LogP) is 1.66. The lowest BCUT2D eigenvalue weighted by Gasteiger charge is -2.14. The zero-order chi connectivity index (χ0) is 15.7. The third kappa shape index (κ3) is 2.31. The molecule has 0 spiro atoms. The summed E-state index contributed by atoms with van der Waals surface area (Å²) in [4.78, 5) is 36.5. The minimum Gasteiger partial charge on any atom is -0.352 e. The summed E-state index contributed by atoms with van der Waals surface area (Å²) in [5.74, 6) is -0.660. The molecule has 1 aliphatic heterocycles. The van der Waals surface area contributed by atoms with E-state index in [4.69, 9.17) is 5.73 Å². The van der Waals surface area contributed by atoms with Gasteiger partial charge in [0.15, 0.2) is 0 Å². The zero-order valence-corrected chi connectivity index (χ0v) is 11.6. The summed E-state index contributed by atoms with van der Waals surface area (Å²) in [6.45, 7) is 0.289. The van der Waals surface area contributed by atoms with Crippen molar-refractivity contribution in [2.24, 2.45) is 5.73 Å². The third-order valence-corrected chi connectivity index (χ3v) is 3.46. The zero-order valence-electron chi connectivity index (χ0n) is 11.6. The van der Waals surface area contributed by atoms with E-state index in [0.29, 0.717) is 16.8 Å². The quantitative estimate of drug-likeness (QED) is 0.843. The number of anilines is 1. The Balaban J connectivity index is 1.85. The number of nitrogens with one attached hydrogen (secondary N) is 1. The molecule has 3 rings (SSSR count). The van der Waals surface area contributed by atoms with Crippen LogP contribution in [0.4, 0.5) is 10.5 Å². The van der Waals surface area contributed by atoms with Gasteiger partial charge in [-0.25, -0.2) is 9.69 Å². The van der Waals surface area contributed by atoms with E-state index in [0.717, 1.165) is 10.5 Å². The Morgan fingerprint density at radius 2 is 1.50 bits per heavy atom. The summed E-state index contributed by atoms with van der Waals surface area (Å²) in [6, 6.07) is 12.9. The number of hydrogen-bond donors (Lipinski definition) is 2. The van der Waals surface area contributed by atoms with Crippen LogP contribution in [0.1, 0.15) is 26.3 Å². The summed E-state index contributed by atoms with van der Waals surface area (Å²) in [5, 5.41) is 2.47. The number of rotatable bonds is 3. The molecule has 110 valence electrons. The van der Waals surface area contributed by atoms with Gasteiger partial charge in [0, 0.05) is 6.54 Å². The molecule has 1 aliphatic rings. The number of primary amides is 1. The average Bonchev–Trinajstić information content (AvgIpc) is 2.78. The summed E-state index contributed by atoms with van der Waals surface area (Å²) in [5.41, 5.74) is 7.14. The first-order valence-electron chi connectivity index (χ1n) is 6.68. The molecule has 0 bridgehead atoms. The highest BCUT2D eigenvalue weighted by Gasteiger charge is 2.36. The second-order valence-corrected chi connectivity index (χ2v) is 4.88. The van der Waals surface area contributed by atoms with Crippen molar-refractivity contribution in [1.82, 2.24) is 5.32 Å². The van der Waals surface area contributed by atoms with Gasteiger partial charge in [-0.15, -0.1) is 0 Å². The minimum absolute atomic E-state index is 0.289. The first kappa shape index (κ1) is 13.8. The maximum absolute atomic E-state index is 12.3. The topological polar surface area (TPSA) is 92.5 Å². The molecule has 0 aromatic heterocycles. The molecule has 1 heterocycles. The molecule has 6 heteroatoms. The normalized spacial score (nSPS) is 13.2. The molecular formula is C16H13N3O3. The van der Waals surface area contributed by atoms with Crippen molar-refractivity contribution in [3.8, 4) is 0 Å². The van der Waals surface area contributed by atoms with Gasteiger partial charge in [-0.05, 0) is 29.8 Å². The molecule has 0 atom stereocenters. The number of hydrogen-bond acceptors (Lipinski definition) is 3. The predicted molar refractivity (Wildman–Crippen MR) is 80.4 cm³/mol. The number of benzene rings is 2. The van der Waals surface area contributed by atoms with Crippen molar-refractivity contribution in [3.05, 3.63) is 65.2 Å². The van der Waals surface area contributed by atoms with Crippen LogP contribution >= 0.6 is 0 Å². The Labute approximate surface area is 126 Å². The van der Waals surface area contributed by atoms with Crippen molar-refractivity contribution in [1.29, 1.82) is 0 Å².